The second-order valence-electron chi connectivity index (χ2n) is 17.0. The third-order valence-electron chi connectivity index (χ3n) is 11.6. The Kier molecular flexibility index (Phi) is 44.0. The molecule has 5 heteroatoms. The van der Waals surface area contributed by atoms with Gasteiger partial charge in [0, 0.05) is 0 Å². The number of aliphatic hydroxyl groups excluding tert-OH is 3. The zero-order chi connectivity index (χ0) is 39.4. The summed E-state index contributed by atoms with van der Waals surface area (Å²) in [5, 5.41) is 33.3. The summed E-state index contributed by atoms with van der Waals surface area (Å²) in [5.74, 6) is -0.468. The van der Waals surface area contributed by atoms with Crippen LogP contribution in [0, 0.1) is 0 Å². The number of nitrogens with one attached hydrogen (secondary N) is 1. The van der Waals surface area contributed by atoms with E-state index in [0.29, 0.717) is 12.8 Å². The molecule has 0 aliphatic rings. The Bertz CT molecular complexity index is 758. The fourth-order valence-corrected chi connectivity index (χ4v) is 7.78. The smallest absolute Gasteiger partial charge is 0.249 e. The van der Waals surface area contributed by atoms with Crippen LogP contribution >= 0.6 is 0 Å². The quantitative estimate of drug-likeness (QED) is 0.0367. The lowest BCUT2D eigenvalue weighted by molar-refractivity contribution is -0.131. The van der Waals surface area contributed by atoms with Gasteiger partial charge in [-0.2, -0.15) is 0 Å². The third kappa shape index (κ3) is 39.3. The van der Waals surface area contributed by atoms with E-state index < -0.39 is 24.2 Å². The first-order valence-corrected chi connectivity index (χ1v) is 24.5. The van der Waals surface area contributed by atoms with Crippen molar-refractivity contribution in [2.45, 2.75) is 289 Å². The summed E-state index contributed by atoms with van der Waals surface area (Å²) in [7, 11) is 0. The van der Waals surface area contributed by atoms with Crippen LogP contribution in [0.4, 0.5) is 0 Å². The molecule has 0 radical (unpaired) electrons. The van der Waals surface area contributed by atoms with Crippen LogP contribution in [0.15, 0.2) is 12.2 Å². The van der Waals surface area contributed by atoms with E-state index in [2.05, 4.69) is 31.3 Å². The van der Waals surface area contributed by atoms with Gasteiger partial charge in [0.25, 0.3) is 0 Å². The summed E-state index contributed by atoms with van der Waals surface area (Å²) in [5.41, 5.74) is 0. The fourth-order valence-electron chi connectivity index (χ4n) is 7.78. The molecule has 4 N–H and O–H groups in total. The summed E-state index contributed by atoms with van der Waals surface area (Å²) >= 11 is 0. The van der Waals surface area contributed by atoms with Crippen LogP contribution in [0.5, 0.6) is 0 Å². The highest BCUT2D eigenvalue weighted by molar-refractivity contribution is 5.80. The maximum absolute atomic E-state index is 12.5. The van der Waals surface area contributed by atoms with Crippen LogP contribution in [-0.4, -0.2) is 46.1 Å². The first-order chi connectivity index (χ1) is 26.6. The second-order valence-corrected chi connectivity index (χ2v) is 17.0. The van der Waals surface area contributed by atoms with E-state index in [4.69, 9.17) is 0 Å². The van der Waals surface area contributed by atoms with Crippen molar-refractivity contribution in [3.05, 3.63) is 12.2 Å². The minimum absolute atomic E-state index is 0.311. The molecule has 3 unspecified atom stereocenters. The average molecular weight is 764 g/mol. The first kappa shape index (κ1) is 53.1. The van der Waals surface area contributed by atoms with Crippen molar-refractivity contribution in [1.82, 2.24) is 5.32 Å². The lowest BCUT2D eigenvalue weighted by atomic mass is 10.0. The summed E-state index contributed by atoms with van der Waals surface area (Å²) < 4.78 is 0. The van der Waals surface area contributed by atoms with E-state index in [1.165, 1.54) is 212 Å². The average Bonchev–Trinajstić information content (AvgIpc) is 3.18. The van der Waals surface area contributed by atoms with Crippen LogP contribution < -0.4 is 5.32 Å². The van der Waals surface area contributed by atoms with Gasteiger partial charge in [-0.1, -0.05) is 244 Å². The maximum atomic E-state index is 12.5. The molecule has 0 aliphatic carbocycles. The Morgan fingerprint density at radius 1 is 0.426 bits per heavy atom. The van der Waals surface area contributed by atoms with Gasteiger partial charge in [-0.25, -0.2) is 0 Å². The highest BCUT2D eigenvalue weighted by Crippen LogP contribution is 2.17. The van der Waals surface area contributed by atoms with Crippen molar-refractivity contribution < 1.29 is 20.1 Å². The number of amides is 1. The van der Waals surface area contributed by atoms with Gasteiger partial charge < -0.3 is 20.6 Å². The van der Waals surface area contributed by atoms with Crippen molar-refractivity contribution in [2.24, 2.45) is 0 Å². The predicted octanol–water partition coefficient (Wildman–Crippen LogP) is 14.4. The SMILES string of the molecule is CCCCCCCCCCCCCC/C=C\CCCCCCCCCCCCCC(O)C(=O)NC(CO)C(O)CCCCCCCCCCCCCCC. The molecule has 0 saturated carbocycles. The molecule has 5 nitrogen and oxygen atoms in total. The van der Waals surface area contributed by atoms with Gasteiger partial charge >= 0.3 is 0 Å². The number of hydrogen-bond donors (Lipinski definition) is 4. The summed E-state index contributed by atoms with van der Waals surface area (Å²) in [6.07, 6.45) is 53.8. The molecule has 0 aliphatic heterocycles. The van der Waals surface area contributed by atoms with E-state index in [-0.39, 0.29) is 6.61 Å². The van der Waals surface area contributed by atoms with E-state index in [0.717, 1.165) is 32.1 Å². The normalized spacial score (nSPS) is 13.5. The van der Waals surface area contributed by atoms with Crippen molar-refractivity contribution in [3.63, 3.8) is 0 Å². The maximum Gasteiger partial charge on any atom is 0.249 e. The van der Waals surface area contributed by atoms with Crippen LogP contribution in [0.25, 0.3) is 0 Å². The zero-order valence-corrected chi connectivity index (χ0v) is 36.6. The number of rotatable bonds is 45. The van der Waals surface area contributed by atoms with Crippen molar-refractivity contribution in [2.75, 3.05) is 6.61 Å². The molecule has 322 valence electrons. The third-order valence-corrected chi connectivity index (χ3v) is 11.6. The molecule has 0 heterocycles. The van der Waals surface area contributed by atoms with Crippen molar-refractivity contribution in [3.8, 4) is 0 Å². The largest absolute Gasteiger partial charge is 0.394 e. The molecule has 0 aromatic rings. The minimum atomic E-state index is -1.07. The standard InChI is InChI=1S/C49H97NO4/c1-3-5-7-9-11-13-15-17-18-19-20-21-22-23-24-25-26-27-28-29-30-32-34-36-38-40-42-44-48(53)49(54)50-46(45-51)47(52)43-41-39-37-35-33-31-16-14-12-10-8-6-4-2/h23-24,46-48,51-53H,3-22,25-45H2,1-2H3,(H,50,54)/b24-23-. The van der Waals surface area contributed by atoms with Gasteiger partial charge in [-0.3, -0.25) is 4.79 Å². The molecular formula is C49H97NO4. The van der Waals surface area contributed by atoms with E-state index in [1.807, 2.05) is 0 Å². The van der Waals surface area contributed by atoms with Crippen LogP contribution in [0.2, 0.25) is 0 Å². The van der Waals surface area contributed by atoms with E-state index >= 15 is 0 Å². The van der Waals surface area contributed by atoms with Crippen molar-refractivity contribution in [1.29, 1.82) is 0 Å². The van der Waals surface area contributed by atoms with E-state index in [9.17, 15) is 20.1 Å². The number of carbonyl (C=O) groups is 1. The highest BCUT2D eigenvalue weighted by atomic mass is 16.3. The molecule has 1 amide bonds. The zero-order valence-electron chi connectivity index (χ0n) is 36.6. The van der Waals surface area contributed by atoms with Gasteiger partial charge in [0.2, 0.25) is 5.91 Å². The molecule has 0 bridgehead atoms. The Balaban J connectivity index is 3.52. The fraction of sp³-hybridized carbons (Fsp3) is 0.939. The molecule has 0 fully saturated rings. The Morgan fingerprint density at radius 3 is 1.02 bits per heavy atom. The van der Waals surface area contributed by atoms with E-state index in [1.54, 1.807) is 0 Å². The first-order valence-electron chi connectivity index (χ1n) is 24.5. The molecule has 0 spiro atoms. The molecule has 0 aromatic heterocycles. The van der Waals surface area contributed by atoms with Gasteiger partial charge in [-0.05, 0) is 38.5 Å². The number of allylic oxidation sites excluding steroid dienone is 2. The molecular weight excluding hydrogens is 667 g/mol. The van der Waals surface area contributed by atoms with Gasteiger partial charge in [-0.15, -0.1) is 0 Å². The highest BCUT2D eigenvalue weighted by Gasteiger charge is 2.23. The lowest BCUT2D eigenvalue weighted by Crippen LogP contribution is -2.49. The van der Waals surface area contributed by atoms with Crippen LogP contribution in [-0.2, 0) is 4.79 Å². The van der Waals surface area contributed by atoms with Crippen molar-refractivity contribution >= 4 is 5.91 Å². The minimum Gasteiger partial charge on any atom is -0.394 e. The number of unbranched alkanes of at least 4 members (excludes halogenated alkanes) is 35. The topological polar surface area (TPSA) is 89.8 Å². The van der Waals surface area contributed by atoms with Gasteiger partial charge in [0.05, 0.1) is 18.8 Å². The Labute approximate surface area is 338 Å². The monoisotopic (exact) mass is 764 g/mol. The number of carbonyl (C=O) groups excluding carboxylic acids is 1. The molecule has 54 heavy (non-hydrogen) atoms. The predicted molar refractivity (Wildman–Crippen MR) is 236 cm³/mol. The Hall–Kier alpha value is -0.910. The van der Waals surface area contributed by atoms with Crippen LogP contribution in [0.3, 0.4) is 0 Å². The lowest BCUT2D eigenvalue weighted by Gasteiger charge is -2.23. The van der Waals surface area contributed by atoms with Crippen LogP contribution in [0.1, 0.15) is 271 Å². The molecule has 0 aromatic carbocycles. The summed E-state index contributed by atoms with van der Waals surface area (Å²) in [6.45, 7) is 4.25. The second kappa shape index (κ2) is 44.8. The van der Waals surface area contributed by atoms with Gasteiger partial charge in [0.1, 0.15) is 6.10 Å². The Morgan fingerprint density at radius 2 is 0.704 bits per heavy atom. The number of hydrogen-bond acceptors (Lipinski definition) is 4. The molecule has 0 saturated heterocycles. The summed E-state index contributed by atoms with van der Waals surface area (Å²) in [6, 6.07) is -0.708. The summed E-state index contributed by atoms with van der Waals surface area (Å²) in [4.78, 5) is 12.5. The molecule has 3 atom stereocenters. The number of aliphatic hydroxyl groups is 3. The molecule has 0 rings (SSSR count). The van der Waals surface area contributed by atoms with Gasteiger partial charge in [0.15, 0.2) is 0 Å².